The van der Waals surface area contributed by atoms with Crippen LogP contribution in [0.15, 0.2) is 30.3 Å². The number of benzene rings is 1. The minimum Gasteiger partial charge on any atom is -0.374 e. The Morgan fingerprint density at radius 2 is 1.94 bits per heavy atom. The number of phosphoric acid groups is 1. The van der Waals surface area contributed by atoms with E-state index < -0.39 is 13.9 Å². The van der Waals surface area contributed by atoms with Gasteiger partial charge in [-0.05, 0) is 12.5 Å². The molecule has 0 spiro atoms. The highest BCUT2D eigenvalue weighted by molar-refractivity contribution is 7.46. The molecule has 0 aliphatic carbocycles. The number of hydrogen-bond donors (Lipinski definition) is 2. The smallest absolute Gasteiger partial charge is 0.374 e. The highest BCUT2D eigenvalue weighted by Crippen LogP contribution is 2.37. The molecule has 0 aromatic heterocycles. The van der Waals surface area contributed by atoms with Gasteiger partial charge < -0.3 is 14.5 Å². The molecule has 0 heterocycles. The Labute approximate surface area is 94.3 Å². The van der Waals surface area contributed by atoms with E-state index in [1.807, 2.05) is 30.3 Å². The molecule has 0 aliphatic heterocycles. The summed E-state index contributed by atoms with van der Waals surface area (Å²) in [6.07, 6.45) is -0.635. The van der Waals surface area contributed by atoms with Crippen LogP contribution in [0.5, 0.6) is 0 Å². The highest BCUT2D eigenvalue weighted by Gasteiger charge is 2.18. The van der Waals surface area contributed by atoms with Crippen molar-refractivity contribution in [2.75, 3.05) is 6.61 Å². The van der Waals surface area contributed by atoms with Gasteiger partial charge in [0.15, 0.2) is 0 Å². The van der Waals surface area contributed by atoms with Crippen LogP contribution in [0.3, 0.4) is 0 Å². The van der Waals surface area contributed by atoms with Gasteiger partial charge >= 0.3 is 7.82 Å². The molecule has 5 nitrogen and oxygen atoms in total. The maximum absolute atomic E-state index is 10.5. The van der Waals surface area contributed by atoms with Gasteiger partial charge in [-0.3, -0.25) is 4.52 Å². The average molecular weight is 246 g/mol. The molecule has 0 radical (unpaired) electrons. The van der Waals surface area contributed by atoms with Crippen molar-refractivity contribution >= 4 is 7.82 Å². The summed E-state index contributed by atoms with van der Waals surface area (Å²) in [5.41, 5.74) is 1.01. The summed E-state index contributed by atoms with van der Waals surface area (Å²) in [4.78, 5) is 17.1. The van der Waals surface area contributed by atoms with E-state index in [0.717, 1.165) is 5.56 Å². The fraction of sp³-hybridized carbons (Fsp3) is 0.400. The maximum Gasteiger partial charge on any atom is 0.469 e. The van der Waals surface area contributed by atoms with Gasteiger partial charge in [0.25, 0.3) is 0 Å². The van der Waals surface area contributed by atoms with Gasteiger partial charge in [0, 0.05) is 0 Å². The summed E-state index contributed by atoms with van der Waals surface area (Å²) in [6, 6.07) is 9.52. The average Bonchev–Trinajstić information content (AvgIpc) is 2.16. The minimum atomic E-state index is -4.41. The van der Waals surface area contributed by atoms with Crippen LogP contribution in [0.4, 0.5) is 0 Å². The van der Waals surface area contributed by atoms with E-state index in [4.69, 9.17) is 14.5 Å². The Morgan fingerprint density at radius 3 is 2.50 bits per heavy atom. The number of hydrogen-bond acceptors (Lipinski definition) is 3. The van der Waals surface area contributed by atoms with Crippen molar-refractivity contribution in [3.8, 4) is 0 Å². The van der Waals surface area contributed by atoms with Gasteiger partial charge in [-0.1, -0.05) is 30.3 Å². The molecule has 90 valence electrons. The molecule has 1 rings (SSSR count). The Morgan fingerprint density at radius 1 is 1.31 bits per heavy atom. The summed E-state index contributed by atoms with van der Waals surface area (Å²) >= 11 is 0. The van der Waals surface area contributed by atoms with Crippen LogP contribution in [0, 0.1) is 0 Å². The lowest BCUT2D eigenvalue weighted by molar-refractivity contribution is 0.0342. The largest absolute Gasteiger partial charge is 0.469 e. The molecule has 0 fully saturated rings. The molecule has 0 saturated carbocycles. The molecule has 0 saturated heterocycles. The third kappa shape index (κ3) is 6.00. The van der Waals surface area contributed by atoms with Crippen LogP contribution in [0.25, 0.3) is 0 Å². The van der Waals surface area contributed by atoms with Gasteiger partial charge in [-0.15, -0.1) is 0 Å². The molecule has 1 aromatic carbocycles. The first kappa shape index (κ1) is 13.4. The topological polar surface area (TPSA) is 76.0 Å². The number of rotatable bonds is 6. The van der Waals surface area contributed by atoms with Crippen LogP contribution in [-0.2, 0) is 20.4 Å². The van der Waals surface area contributed by atoms with Crippen molar-refractivity contribution < 1.29 is 23.6 Å². The van der Waals surface area contributed by atoms with E-state index in [1.165, 1.54) is 0 Å². The fourth-order valence-electron chi connectivity index (χ4n) is 1.18. The van der Waals surface area contributed by atoms with Gasteiger partial charge in [-0.2, -0.15) is 0 Å². The SMILES string of the molecule is CC(COCc1ccccc1)OP(=O)(O)O. The van der Waals surface area contributed by atoms with Crippen molar-refractivity contribution in [3.05, 3.63) is 35.9 Å². The molecular formula is C10H15O5P. The standard InChI is InChI=1S/C10H15O5P/c1-9(15-16(11,12)13)7-14-8-10-5-3-2-4-6-10/h2-6,9H,7-8H2,1H3,(H2,11,12,13). The lowest BCUT2D eigenvalue weighted by Crippen LogP contribution is -2.14. The van der Waals surface area contributed by atoms with Crippen LogP contribution in [0.2, 0.25) is 0 Å². The highest BCUT2D eigenvalue weighted by atomic mass is 31.2. The van der Waals surface area contributed by atoms with Crippen molar-refractivity contribution in [2.24, 2.45) is 0 Å². The van der Waals surface area contributed by atoms with Gasteiger partial charge in [0.2, 0.25) is 0 Å². The van der Waals surface area contributed by atoms with Gasteiger partial charge in [0.05, 0.1) is 19.3 Å². The van der Waals surface area contributed by atoms with Gasteiger partial charge in [-0.25, -0.2) is 4.57 Å². The Balaban J connectivity index is 2.23. The van der Waals surface area contributed by atoms with Crippen LogP contribution in [-0.4, -0.2) is 22.5 Å². The van der Waals surface area contributed by atoms with E-state index in [9.17, 15) is 4.57 Å². The van der Waals surface area contributed by atoms with Crippen LogP contribution in [0.1, 0.15) is 12.5 Å². The second-order valence-electron chi connectivity index (χ2n) is 3.41. The monoisotopic (exact) mass is 246 g/mol. The van der Waals surface area contributed by atoms with Crippen molar-refractivity contribution in [3.63, 3.8) is 0 Å². The summed E-state index contributed by atoms with van der Waals surface area (Å²) in [6.45, 7) is 2.08. The van der Waals surface area contributed by atoms with E-state index in [1.54, 1.807) is 6.92 Å². The Kier molecular flexibility index (Phi) is 5.12. The second kappa shape index (κ2) is 6.13. The molecule has 16 heavy (non-hydrogen) atoms. The second-order valence-corrected chi connectivity index (χ2v) is 4.60. The molecule has 1 aromatic rings. The molecule has 0 aliphatic rings. The van der Waals surface area contributed by atoms with Crippen molar-refractivity contribution in [1.82, 2.24) is 0 Å². The third-order valence-corrected chi connectivity index (χ3v) is 2.42. The lowest BCUT2D eigenvalue weighted by Gasteiger charge is -2.13. The quantitative estimate of drug-likeness (QED) is 0.747. The Bertz CT molecular complexity index is 347. The third-order valence-electron chi connectivity index (χ3n) is 1.78. The van der Waals surface area contributed by atoms with Crippen LogP contribution >= 0.6 is 7.82 Å². The lowest BCUT2D eigenvalue weighted by atomic mass is 10.2. The molecule has 0 bridgehead atoms. The van der Waals surface area contributed by atoms with Crippen molar-refractivity contribution in [2.45, 2.75) is 19.6 Å². The summed E-state index contributed by atoms with van der Waals surface area (Å²) in [5, 5.41) is 0. The summed E-state index contributed by atoms with van der Waals surface area (Å²) in [7, 11) is -4.41. The molecular weight excluding hydrogens is 231 g/mol. The Hall–Kier alpha value is -0.710. The zero-order valence-corrected chi connectivity index (χ0v) is 9.84. The fourth-order valence-corrected chi connectivity index (χ4v) is 1.71. The van der Waals surface area contributed by atoms with Crippen LogP contribution < -0.4 is 0 Å². The molecule has 1 atom stereocenters. The predicted molar refractivity (Wildman–Crippen MR) is 58.7 cm³/mol. The first-order valence-electron chi connectivity index (χ1n) is 4.83. The molecule has 0 amide bonds. The zero-order chi connectivity index (χ0) is 12.0. The van der Waals surface area contributed by atoms with Gasteiger partial charge in [0.1, 0.15) is 0 Å². The summed E-state index contributed by atoms with van der Waals surface area (Å²) in [5.74, 6) is 0. The molecule has 2 N–H and O–H groups in total. The normalized spacial score (nSPS) is 13.7. The molecule has 1 unspecified atom stereocenters. The van der Waals surface area contributed by atoms with E-state index in [0.29, 0.717) is 6.61 Å². The summed E-state index contributed by atoms with van der Waals surface area (Å²) < 4.78 is 20.2. The van der Waals surface area contributed by atoms with E-state index in [2.05, 4.69) is 4.52 Å². The minimum absolute atomic E-state index is 0.139. The first-order chi connectivity index (χ1) is 7.47. The maximum atomic E-state index is 10.5. The first-order valence-corrected chi connectivity index (χ1v) is 6.36. The van der Waals surface area contributed by atoms with Crippen molar-refractivity contribution in [1.29, 1.82) is 0 Å². The molecule has 6 heteroatoms. The number of ether oxygens (including phenoxy) is 1. The van der Waals surface area contributed by atoms with E-state index in [-0.39, 0.29) is 6.61 Å². The zero-order valence-electron chi connectivity index (χ0n) is 8.94. The number of phosphoric ester groups is 1. The predicted octanol–water partition coefficient (Wildman–Crippen LogP) is 1.70. The van der Waals surface area contributed by atoms with E-state index >= 15 is 0 Å².